The van der Waals surface area contributed by atoms with Gasteiger partial charge in [-0.1, -0.05) is 18.2 Å². The summed E-state index contributed by atoms with van der Waals surface area (Å²) >= 11 is 0. The van der Waals surface area contributed by atoms with E-state index in [0.29, 0.717) is 13.0 Å². The molecule has 0 N–H and O–H groups in total. The van der Waals surface area contributed by atoms with Gasteiger partial charge in [0.2, 0.25) is 5.91 Å². The molecule has 0 spiro atoms. The van der Waals surface area contributed by atoms with Crippen molar-refractivity contribution in [1.82, 2.24) is 4.98 Å². The molecule has 0 unspecified atom stereocenters. The predicted molar refractivity (Wildman–Crippen MR) is 68.3 cm³/mol. The van der Waals surface area contributed by atoms with Crippen LogP contribution >= 0.6 is 0 Å². The Kier molecular flexibility index (Phi) is 2.55. The third-order valence-corrected chi connectivity index (χ3v) is 3.15. The number of fused-ring (bicyclic) bond motifs is 1. The van der Waals surface area contributed by atoms with Crippen molar-refractivity contribution >= 4 is 28.3 Å². The van der Waals surface area contributed by atoms with Gasteiger partial charge in [0.25, 0.3) is 0 Å². The Balaban J connectivity index is 1.99. The number of Topliss-reactive ketones (excluding diaryl/α,β-unsaturated/α-hetero) is 1. The van der Waals surface area contributed by atoms with E-state index in [2.05, 4.69) is 4.98 Å². The van der Waals surface area contributed by atoms with Gasteiger partial charge in [-0.15, -0.1) is 0 Å². The summed E-state index contributed by atoms with van der Waals surface area (Å²) < 4.78 is 0. The Morgan fingerprint density at radius 1 is 1.17 bits per heavy atom. The molecule has 1 aromatic carbocycles. The maximum absolute atomic E-state index is 11.8. The smallest absolute Gasteiger partial charge is 0.234 e. The van der Waals surface area contributed by atoms with Gasteiger partial charge in [0.15, 0.2) is 0 Å². The van der Waals surface area contributed by atoms with Crippen LogP contribution in [-0.4, -0.2) is 23.2 Å². The minimum absolute atomic E-state index is 0.00677. The third kappa shape index (κ3) is 1.86. The molecular formula is C14H12N2O2. The summed E-state index contributed by atoms with van der Waals surface area (Å²) in [5.41, 5.74) is 1.67. The van der Waals surface area contributed by atoms with E-state index in [0.717, 1.165) is 16.6 Å². The zero-order chi connectivity index (χ0) is 12.5. The van der Waals surface area contributed by atoms with E-state index in [-0.39, 0.29) is 18.1 Å². The second-order valence-electron chi connectivity index (χ2n) is 4.40. The monoisotopic (exact) mass is 240 g/mol. The summed E-state index contributed by atoms with van der Waals surface area (Å²) in [4.78, 5) is 29.0. The molecule has 0 atom stereocenters. The molecule has 1 aliphatic rings. The summed E-state index contributed by atoms with van der Waals surface area (Å²) in [6.45, 7) is 0.456. The highest BCUT2D eigenvalue weighted by molar-refractivity contribution is 6.08. The number of amides is 1. The minimum atomic E-state index is -0.136. The van der Waals surface area contributed by atoms with E-state index in [1.165, 1.54) is 0 Å². The van der Waals surface area contributed by atoms with Crippen molar-refractivity contribution in [2.24, 2.45) is 0 Å². The van der Waals surface area contributed by atoms with Crippen LogP contribution < -0.4 is 4.90 Å². The Morgan fingerprint density at radius 2 is 2.00 bits per heavy atom. The molecule has 2 heterocycles. The largest absolute Gasteiger partial charge is 0.310 e. The van der Waals surface area contributed by atoms with Crippen molar-refractivity contribution in [3.63, 3.8) is 0 Å². The number of ketones is 1. The molecule has 0 aliphatic carbocycles. The summed E-state index contributed by atoms with van der Waals surface area (Å²) in [7, 11) is 0. The van der Waals surface area contributed by atoms with Gasteiger partial charge in [-0.2, -0.15) is 0 Å². The predicted octanol–water partition coefficient (Wildman–Crippen LogP) is 1.93. The number of rotatable bonds is 1. The van der Waals surface area contributed by atoms with E-state index < -0.39 is 0 Å². The maximum atomic E-state index is 11.8. The molecule has 1 fully saturated rings. The van der Waals surface area contributed by atoms with E-state index in [9.17, 15) is 9.59 Å². The number of carbonyl (C=O) groups excluding carboxylic acids is 2. The lowest BCUT2D eigenvalue weighted by Crippen LogP contribution is -2.39. The molecule has 0 bridgehead atoms. The lowest BCUT2D eigenvalue weighted by Gasteiger charge is -2.25. The lowest BCUT2D eigenvalue weighted by molar-refractivity contribution is -0.128. The molecule has 90 valence electrons. The highest BCUT2D eigenvalue weighted by atomic mass is 16.2. The average Bonchev–Trinajstić information content (AvgIpc) is 2.38. The van der Waals surface area contributed by atoms with Crippen LogP contribution in [0.2, 0.25) is 0 Å². The third-order valence-electron chi connectivity index (χ3n) is 3.15. The van der Waals surface area contributed by atoms with Gasteiger partial charge in [0.05, 0.1) is 23.8 Å². The van der Waals surface area contributed by atoms with Gasteiger partial charge in [-0.3, -0.25) is 14.6 Å². The van der Waals surface area contributed by atoms with Gasteiger partial charge < -0.3 is 4.90 Å². The van der Waals surface area contributed by atoms with E-state index in [1.54, 1.807) is 11.1 Å². The summed E-state index contributed by atoms with van der Waals surface area (Å²) in [6, 6.07) is 9.71. The number of hydrogen-bond donors (Lipinski definition) is 0. The van der Waals surface area contributed by atoms with Crippen LogP contribution in [0.5, 0.6) is 0 Å². The fraction of sp³-hybridized carbons (Fsp3) is 0.214. The summed E-state index contributed by atoms with van der Waals surface area (Å²) in [6.07, 6.45) is 2.13. The number of carbonyl (C=O) groups is 2. The number of aromatic nitrogens is 1. The molecule has 4 heteroatoms. The number of anilines is 1. The van der Waals surface area contributed by atoms with Crippen LogP contribution in [0.3, 0.4) is 0 Å². The molecule has 1 amide bonds. The van der Waals surface area contributed by atoms with Crippen molar-refractivity contribution in [1.29, 1.82) is 0 Å². The van der Waals surface area contributed by atoms with Crippen molar-refractivity contribution < 1.29 is 9.59 Å². The molecule has 1 saturated heterocycles. The van der Waals surface area contributed by atoms with Crippen molar-refractivity contribution in [3.05, 3.63) is 36.5 Å². The fourth-order valence-corrected chi connectivity index (χ4v) is 2.19. The number of hydrogen-bond acceptors (Lipinski definition) is 3. The number of para-hydroxylation sites is 1. The fourth-order valence-electron chi connectivity index (χ4n) is 2.19. The van der Waals surface area contributed by atoms with Crippen LogP contribution in [0, 0.1) is 0 Å². The topological polar surface area (TPSA) is 50.3 Å². The zero-order valence-corrected chi connectivity index (χ0v) is 9.80. The Morgan fingerprint density at radius 3 is 2.83 bits per heavy atom. The first kappa shape index (κ1) is 10.9. The Labute approximate surface area is 104 Å². The molecule has 3 rings (SSSR count). The van der Waals surface area contributed by atoms with Crippen LogP contribution in [-0.2, 0) is 9.59 Å². The van der Waals surface area contributed by atoms with Crippen LogP contribution in [0.1, 0.15) is 12.8 Å². The molecule has 0 radical (unpaired) electrons. The van der Waals surface area contributed by atoms with Crippen molar-refractivity contribution in [2.75, 3.05) is 11.4 Å². The lowest BCUT2D eigenvalue weighted by atomic mass is 10.1. The molecule has 1 aromatic heterocycles. The first-order valence-corrected chi connectivity index (χ1v) is 5.91. The quantitative estimate of drug-likeness (QED) is 0.716. The summed E-state index contributed by atoms with van der Waals surface area (Å²) in [5, 5.41) is 1.000. The zero-order valence-electron chi connectivity index (χ0n) is 9.80. The van der Waals surface area contributed by atoms with Crippen LogP contribution in [0.4, 0.5) is 5.69 Å². The standard InChI is InChI=1S/C14H12N2O2/c17-12-5-6-16(14(18)8-12)11-7-10-3-1-2-4-13(10)15-9-11/h1-4,7,9H,5-6,8H2. The van der Waals surface area contributed by atoms with Crippen LogP contribution in [0.25, 0.3) is 10.9 Å². The van der Waals surface area contributed by atoms with Crippen molar-refractivity contribution in [2.45, 2.75) is 12.8 Å². The number of benzene rings is 1. The molecule has 2 aromatic rings. The van der Waals surface area contributed by atoms with Gasteiger partial charge >= 0.3 is 0 Å². The maximum Gasteiger partial charge on any atom is 0.234 e. The van der Waals surface area contributed by atoms with Gasteiger partial charge in [-0.25, -0.2) is 0 Å². The average molecular weight is 240 g/mol. The van der Waals surface area contributed by atoms with Gasteiger partial charge in [0.1, 0.15) is 5.78 Å². The molecule has 4 nitrogen and oxygen atoms in total. The highest BCUT2D eigenvalue weighted by Crippen LogP contribution is 2.22. The number of nitrogens with zero attached hydrogens (tertiary/aromatic N) is 2. The number of pyridine rings is 1. The summed E-state index contributed by atoms with van der Waals surface area (Å²) in [5.74, 6) is -0.117. The first-order chi connectivity index (χ1) is 8.74. The minimum Gasteiger partial charge on any atom is -0.310 e. The van der Waals surface area contributed by atoms with Gasteiger partial charge in [-0.05, 0) is 12.1 Å². The number of piperidine rings is 1. The Bertz CT molecular complexity index is 636. The highest BCUT2D eigenvalue weighted by Gasteiger charge is 2.25. The molecule has 0 saturated carbocycles. The van der Waals surface area contributed by atoms with Gasteiger partial charge in [0, 0.05) is 18.4 Å². The first-order valence-electron chi connectivity index (χ1n) is 5.91. The van der Waals surface area contributed by atoms with E-state index in [4.69, 9.17) is 0 Å². The van der Waals surface area contributed by atoms with Crippen molar-refractivity contribution in [3.8, 4) is 0 Å². The van der Waals surface area contributed by atoms with E-state index in [1.807, 2.05) is 30.3 Å². The SMILES string of the molecule is O=C1CCN(c2cnc3ccccc3c2)C(=O)C1. The second-order valence-corrected chi connectivity index (χ2v) is 4.40. The molecule has 18 heavy (non-hydrogen) atoms. The second kappa shape index (κ2) is 4.22. The molecular weight excluding hydrogens is 228 g/mol. The van der Waals surface area contributed by atoms with E-state index >= 15 is 0 Å². The Hall–Kier alpha value is -2.23. The normalized spacial score (nSPS) is 16.3. The molecule has 1 aliphatic heterocycles. The van der Waals surface area contributed by atoms with Crippen LogP contribution in [0.15, 0.2) is 36.5 Å².